The van der Waals surface area contributed by atoms with E-state index < -0.39 is 0 Å². The van der Waals surface area contributed by atoms with Crippen LogP contribution >= 0.6 is 0 Å². The molecule has 2 aromatic carbocycles. The predicted molar refractivity (Wildman–Crippen MR) is 106 cm³/mol. The van der Waals surface area contributed by atoms with E-state index in [0.717, 1.165) is 28.5 Å². The molecule has 0 spiro atoms. The van der Waals surface area contributed by atoms with Gasteiger partial charge in [-0.1, -0.05) is 12.1 Å². The summed E-state index contributed by atoms with van der Waals surface area (Å²) in [6, 6.07) is 14.8. The monoisotopic (exact) mass is 374 g/mol. The van der Waals surface area contributed by atoms with Gasteiger partial charge in [0, 0.05) is 23.6 Å². The number of ether oxygens (including phenoxy) is 2. The number of nitrogens with zero attached hydrogens (tertiary/aromatic N) is 3. The number of anilines is 2. The summed E-state index contributed by atoms with van der Waals surface area (Å²) < 4.78 is 11.9. The standard InChI is InChI=1S/C21H18N4O3/c1-27-17-9-7-16(8-10-17)23-20-19(24-18-13-22-11-12-25(18)20)14-3-5-15(6-4-14)21(26)28-2/h3-13,23H,1-2H3. The number of imidazole rings is 1. The van der Waals surface area contributed by atoms with Gasteiger partial charge in [0.1, 0.15) is 17.3 Å². The highest BCUT2D eigenvalue weighted by Crippen LogP contribution is 2.31. The third-order valence-electron chi connectivity index (χ3n) is 4.36. The van der Waals surface area contributed by atoms with Crippen molar-refractivity contribution in [3.8, 4) is 17.0 Å². The van der Waals surface area contributed by atoms with E-state index in [1.54, 1.807) is 31.6 Å². The highest BCUT2D eigenvalue weighted by Gasteiger charge is 2.15. The lowest BCUT2D eigenvalue weighted by Gasteiger charge is -2.10. The summed E-state index contributed by atoms with van der Waals surface area (Å²) in [4.78, 5) is 20.5. The third-order valence-corrected chi connectivity index (χ3v) is 4.36. The zero-order valence-electron chi connectivity index (χ0n) is 15.4. The van der Waals surface area contributed by atoms with Crippen LogP contribution in [0.15, 0.2) is 67.1 Å². The summed E-state index contributed by atoms with van der Waals surface area (Å²) in [6.45, 7) is 0. The van der Waals surface area contributed by atoms with E-state index in [9.17, 15) is 4.79 Å². The molecule has 0 aliphatic rings. The van der Waals surface area contributed by atoms with Gasteiger partial charge in [-0.15, -0.1) is 0 Å². The number of esters is 1. The molecule has 0 aliphatic carbocycles. The Morgan fingerprint density at radius 3 is 2.46 bits per heavy atom. The maximum Gasteiger partial charge on any atom is 0.337 e. The van der Waals surface area contributed by atoms with Gasteiger partial charge in [0.2, 0.25) is 0 Å². The van der Waals surface area contributed by atoms with Crippen molar-refractivity contribution in [3.63, 3.8) is 0 Å². The molecule has 4 rings (SSSR count). The molecule has 0 saturated carbocycles. The van der Waals surface area contributed by atoms with E-state index in [1.165, 1.54) is 7.11 Å². The van der Waals surface area contributed by atoms with E-state index in [2.05, 4.69) is 10.3 Å². The molecular formula is C21H18N4O3. The van der Waals surface area contributed by atoms with Crippen molar-refractivity contribution in [1.82, 2.24) is 14.4 Å². The van der Waals surface area contributed by atoms with Crippen LogP contribution in [0.1, 0.15) is 10.4 Å². The fraction of sp³-hybridized carbons (Fsp3) is 0.0952. The van der Waals surface area contributed by atoms with Crippen LogP contribution in [0.25, 0.3) is 16.9 Å². The van der Waals surface area contributed by atoms with Gasteiger partial charge in [-0.25, -0.2) is 9.78 Å². The second kappa shape index (κ2) is 7.40. The van der Waals surface area contributed by atoms with Crippen LogP contribution in [0.2, 0.25) is 0 Å². The molecule has 0 radical (unpaired) electrons. The smallest absolute Gasteiger partial charge is 0.337 e. The third kappa shape index (κ3) is 3.25. The number of methoxy groups -OCH3 is 2. The van der Waals surface area contributed by atoms with Crippen LogP contribution in [0, 0.1) is 0 Å². The molecule has 7 heteroatoms. The maximum atomic E-state index is 11.7. The minimum Gasteiger partial charge on any atom is -0.497 e. The number of rotatable bonds is 5. The first-order valence-electron chi connectivity index (χ1n) is 8.61. The maximum absolute atomic E-state index is 11.7. The number of benzene rings is 2. The predicted octanol–water partition coefficient (Wildman–Crippen LogP) is 3.94. The zero-order valence-corrected chi connectivity index (χ0v) is 15.4. The number of hydrogen-bond acceptors (Lipinski definition) is 6. The first kappa shape index (κ1) is 17.5. The van der Waals surface area contributed by atoms with Gasteiger partial charge in [-0.05, 0) is 36.4 Å². The Hall–Kier alpha value is -3.87. The van der Waals surface area contributed by atoms with Crippen LogP contribution in [0.5, 0.6) is 5.75 Å². The molecule has 0 aliphatic heterocycles. The molecule has 28 heavy (non-hydrogen) atoms. The molecule has 140 valence electrons. The normalized spacial score (nSPS) is 10.6. The molecule has 7 nitrogen and oxygen atoms in total. The average Bonchev–Trinajstić information content (AvgIpc) is 3.12. The minimum atomic E-state index is -0.373. The first-order valence-corrected chi connectivity index (χ1v) is 8.61. The molecule has 2 heterocycles. The Labute approximate surface area is 161 Å². The number of aromatic nitrogens is 3. The van der Waals surface area contributed by atoms with Gasteiger partial charge >= 0.3 is 5.97 Å². The van der Waals surface area contributed by atoms with E-state index in [1.807, 2.05) is 47.0 Å². The molecule has 0 fully saturated rings. The summed E-state index contributed by atoms with van der Waals surface area (Å²) in [5, 5.41) is 3.42. The lowest BCUT2D eigenvalue weighted by Crippen LogP contribution is -2.00. The minimum absolute atomic E-state index is 0.373. The fourth-order valence-electron chi connectivity index (χ4n) is 2.92. The number of hydrogen-bond donors (Lipinski definition) is 1. The Kier molecular flexibility index (Phi) is 4.63. The Morgan fingerprint density at radius 1 is 1.04 bits per heavy atom. The number of nitrogens with one attached hydrogen (secondary N) is 1. The second-order valence-corrected chi connectivity index (χ2v) is 6.04. The molecule has 0 bridgehead atoms. The largest absolute Gasteiger partial charge is 0.497 e. The lowest BCUT2D eigenvalue weighted by atomic mass is 10.1. The van der Waals surface area contributed by atoms with Crippen LogP contribution in [-0.4, -0.2) is 34.6 Å². The molecule has 0 amide bonds. The Balaban J connectivity index is 1.77. The van der Waals surface area contributed by atoms with Crippen molar-refractivity contribution in [2.75, 3.05) is 19.5 Å². The summed E-state index contributed by atoms with van der Waals surface area (Å²) >= 11 is 0. The quantitative estimate of drug-likeness (QED) is 0.533. The van der Waals surface area contributed by atoms with Crippen LogP contribution in [0.3, 0.4) is 0 Å². The molecule has 2 aromatic heterocycles. The van der Waals surface area contributed by atoms with Gasteiger partial charge in [0.05, 0.1) is 26.0 Å². The van der Waals surface area contributed by atoms with Gasteiger partial charge in [0.25, 0.3) is 0 Å². The Morgan fingerprint density at radius 2 is 1.79 bits per heavy atom. The fourth-order valence-corrected chi connectivity index (χ4v) is 2.92. The van der Waals surface area contributed by atoms with E-state index in [0.29, 0.717) is 11.2 Å². The molecule has 1 N–H and O–H groups in total. The van der Waals surface area contributed by atoms with Gasteiger partial charge in [0.15, 0.2) is 5.65 Å². The van der Waals surface area contributed by atoms with Crippen LogP contribution in [-0.2, 0) is 4.74 Å². The van der Waals surface area contributed by atoms with Crippen molar-refractivity contribution in [2.45, 2.75) is 0 Å². The van der Waals surface area contributed by atoms with Crippen molar-refractivity contribution < 1.29 is 14.3 Å². The topological polar surface area (TPSA) is 77.8 Å². The van der Waals surface area contributed by atoms with E-state index in [4.69, 9.17) is 14.5 Å². The van der Waals surface area contributed by atoms with Gasteiger partial charge in [-0.3, -0.25) is 9.38 Å². The second-order valence-electron chi connectivity index (χ2n) is 6.04. The zero-order chi connectivity index (χ0) is 19.5. The van der Waals surface area contributed by atoms with Crippen LogP contribution in [0.4, 0.5) is 11.5 Å². The lowest BCUT2D eigenvalue weighted by molar-refractivity contribution is 0.0601. The van der Waals surface area contributed by atoms with Gasteiger partial charge in [-0.2, -0.15) is 0 Å². The molecule has 0 saturated heterocycles. The van der Waals surface area contributed by atoms with Crippen LogP contribution < -0.4 is 10.1 Å². The molecule has 4 aromatic rings. The highest BCUT2D eigenvalue weighted by molar-refractivity contribution is 5.90. The van der Waals surface area contributed by atoms with Gasteiger partial charge < -0.3 is 14.8 Å². The summed E-state index contributed by atoms with van der Waals surface area (Å²) in [6.07, 6.45) is 5.25. The number of fused-ring (bicyclic) bond motifs is 1. The highest BCUT2D eigenvalue weighted by atomic mass is 16.5. The van der Waals surface area contributed by atoms with E-state index >= 15 is 0 Å². The summed E-state index contributed by atoms with van der Waals surface area (Å²) in [7, 11) is 3.00. The van der Waals surface area contributed by atoms with Crippen molar-refractivity contribution in [1.29, 1.82) is 0 Å². The SMILES string of the molecule is COC(=O)c1ccc(-c2nc3cnccn3c2Nc2ccc(OC)cc2)cc1. The number of carbonyl (C=O) groups is 1. The number of carbonyl (C=O) groups excluding carboxylic acids is 1. The summed E-state index contributed by atoms with van der Waals surface area (Å²) in [5.41, 5.74) is 3.71. The molecule has 0 unspecified atom stereocenters. The van der Waals surface area contributed by atoms with E-state index in [-0.39, 0.29) is 5.97 Å². The molecule has 0 atom stereocenters. The Bertz CT molecular complexity index is 1120. The summed E-state index contributed by atoms with van der Waals surface area (Å²) in [5.74, 6) is 1.21. The molecular weight excluding hydrogens is 356 g/mol. The van der Waals surface area contributed by atoms with Crippen molar-refractivity contribution >= 4 is 23.1 Å². The van der Waals surface area contributed by atoms with Crippen molar-refractivity contribution in [2.24, 2.45) is 0 Å². The first-order chi connectivity index (χ1) is 13.7. The van der Waals surface area contributed by atoms with Crippen molar-refractivity contribution in [3.05, 3.63) is 72.7 Å². The average molecular weight is 374 g/mol.